The molecule has 4 aromatic carbocycles. The van der Waals surface area contributed by atoms with Crippen LogP contribution in [0.25, 0.3) is 33.1 Å². The topological polar surface area (TPSA) is 24.1 Å². The predicted molar refractivity (Wildman–Crippen MR) is 161 cm³/mol. The number of benzene rings is 4. The molecule has 0 N–H and O–H groups in total. The number of aromatic nitrogens is 2. The molecule has 4 heteroatoms. The number of nitrogens with zero attached hydrogens (tertiary/aromatic N) is 4. The molecule has 4 heterocycles. The Morgan fingerprint density at radius 1 is 0.718 bits per heavy atom. The Kier molecular flexibility index (Phi) is 4.08. The monoisotopic (exact) mass is 499 g/mol. The second-order valence-electron chi connectivity index (χ2n) is 10.3. The number of fused-ring (bicyclic) bond motifs is 9. The van der Waals surface area contributed by atoms with E-state index >= 15 is 0 Å². The summed E-state index contributed by atoms with van der Waals surface area (Å²) < 4.78 is 4.83. The van der Waals surface area contributed by atoms with Crippen LogP contribution in [0.2, 0.25) is 0 Å². The van der Waals surface area contributed by atoms with Crippen molar-refractivity contribution >= 4 is 55.8 Å². The number of rotatable bonds is 2. The van der Waals surface area contributed by atoms with Crippen molar-refractivity contribution in [3.05, 3.63) is 139 Å². The van der Waals surface area contributed by atoms with E-state index in [0.717, 1.165) is 5.69 Å². The minimum Gasteiger partial charge on any atom is -0.318 e. The predicted octanol–water partition coefficient (Wildman–Crippen LogP) is 7.94. The van der Waals surface area contributed by atoms with Gasteiger partial charge in [0.15, 0.2) is 0 Å². The molecule has 6 aromatic rings. The summed E-state index contributed by atoms with van der Waals surface area (Å²) in [7, 11) is 0. The van der Waals surface area contributed by atoms with Gasteiger partial charge in [0.1, 0.15) is 11.7 Å². The molecule has 2 aliphatic heterocycles. The van der Waals surface area contributed by atoms with E-state index in [1.54, 1.807) is 0 Å². The van der Waals surface area contributed by atoms with Crippen LogP contribution in [0.15, 0.2) is 134 Å². The van der Waals surface area contributed by atoms with Crippen LogP contribution >= 0.6 is 0 Å². The van der Waals surface area contributed by atoms with Gasteiger partial charge in [0.25, 0.3) is 0 Å². The van der Waals surface area contributed by atoms with Crippen molar-refractivity contribution in [2.24, 2.45) is 0 Å². The van der Waals surface area contributed by atoms with E-state index in [1.807, 2.05) is 18.5 Å². The fourth-order valence-electron chi connectivity index (χ4n) is 6.84. The van der Waals surface area contributed by atoms with Crippen molar-refractivity contribution in [2.45, 2.75) is 6.04 Å². The number of pyridine rings is 1. The Labute approximate surface area is 225 Å². The van der Waals surface area contributed by atoms with Crippen LogP contribution in [-0.4, -0.2) is 21.3 Å². The number of allylic oxidation sites excluding steroid dienone is 2. The molecule has 0 spiro atoms. The Balaban J connectivity index is 1.43. The molecule has 0 bridgehead atoms. The van der Waals surface area contributed by atoms with Gasteiger partial charge in [-0.3, -0.25) is 4.98 Å². The summed E-state index contributed by atoms with van der Waals surface area (Å²) in [5.41, 5.74) is 12.2. The first-order valence-corrected chi connectivity index (χ1v) is 13.4. The van der Waals surface area contributed by atoms with Gasteiger partial charge in [0, 0.05) is 46.8 Å². The summed E-state index contributed by atoms with van der Waals surface area (Å²) >= 11 is 0. The first kappa shape index (κ1) is 20.8. The Morgan fingerprint density at radius 3 is 2.46 bits per heavy atom. The fraction of sp³-hybridized carbons (Fsp3) is 0.0286. The molecule has 2 aromatic heterocycles. The largest absolute Gasteiger partial charge is 0.318 e. The maximum absolute atomic E-state index is 4.49. The molecule has 1 unspecified atom stereocenters. The van der Waals surface area contributed by atoms with E-state index in [1.165, 1.54) is 61.4 Å². The highest BCUT2D eigenvalue weighted by molar-refractivity contribution is 6.25. The Morgan fingerprint density at radius 2 is 1.56 bits per heavy atom. The minimum absolute atomic E-state index is 0.0890. The molecule has 4 nitrogen and oxygen atoms in total. The van der Waals surface area contributed by atoms with Crippen molar-refractivity contribution in [1.29, 1.82) is 0 Å². The molecular formula is C35H23N4+. The fourth-order valence-corrected chi connectivity index (χ4v) is 6.84. The van der Waals surface area contributed by atoms with Crippen molar-refractivity contribution in [1.82, 2.24) is 14.1 Å². The zero-order valence-corrected chi connectivity index (χ0v) is 21.1. The molecule has 0 amide bonds. The lowest BCUT2D eigenvalue weighted by molar-refractivity contribution is 0.931. The molecule has 182 valence electrons. The van der Waals surface area contributed by atoms with E-state index in [0.29, 0.717) is 0 Å². The van der Waals surface area contributed by atoms with E-state index < -0.39 is 0 Å². The summed E-state index contributed by atoms with van der Waals surface area (Å²) in [5.74, 6) is 0. The maximum Gasteiger partial charge on any atom is 0.235 e. The molecule has 0 radical (unpaired) electrons. The summed E-state index contributed by atoms with van der Waals surface area (Å²) in [5, 5.41) is 2.52. The lowest BCUT2D eigenvalue weighted by Gasteiger charge is -2.32. The molecular weight excluding hydrogens is 476 g/mol. The highest BCUT2D eigenvalue weighted by atomic mass is 15.3. The number of para-hydroxylation sites is 4. The maximum atomic E-state index is 4.49. The summed E-state index contributed by atoms with van der Waals surface area (Å²) in [6.45, 7) is 0. The summed E-state index contributed by atoms with van der Waals surface area (Å²) in [6, 6.07) is 37.1. The van der Waals surface area contributed by atoms with E-state index in [-0.39, 0.29) is 6.04 Å². The van der Waals surface area contributed by atoms with Crippen LogP contribution in [0.4, 0.5) is 22.7 Å². The average Bonchev–Trinajstić information content (AvgIpc) is 3.52. The van der Waals surface area contributed by atoms with E-state index in [2.05, 4.69) is 134 Å². The highest BCUT2D eigenvalue weighted by Crippen LogP contribution is 2.54. The van der Waals surface area contributed by atoms with Crippen LogP contribution in [0.1, 0.15) is 5.56 Å². The first-order valence-electron chi connectivity index (χ1n) is 13.4. The van der Waals surface area contributed by atoms with E-state index in [9.17, 15) is 0 Å². The average molecular weight is 500 g/mol. The van der Waals surface area contributed by atoms with Gasteiger partial charge in [0.05, 0.1) is 28.6 Å². The molecule has 39 heavy (non-hydrogen) atoms. The number of hydrogen-bond acceptors (Lipinski definition) is 2. The van der Waals surface area contributed by atoms with Crippen LogP contribution in [-0.2, 0) is 0 Å². The Bertz CT molecular complexity index is 2060. The standard InChI is InChI=1S/C35H23N4/c1-2-10-23(11-3-1)37-29-16-6-7-17-30(29)39-31-20-19-26-25-13-4-5-15-28(25)38(24-12-9-21-36-22-24)35(26)33(31)27-14-8-18-32(37)34(27)39/h1-22,34H/q+1. The van der Waals surface area contributed by atoms with E-state index in [4.69, 9.17) is 0 Å². The normalized spacial score (nSPS) is 16.9. The van der Waals surface area contributed by atoms with Crippen LogP contribution in [0.3, 0.4) is 0 Å². The quantitative estimate of drug-likeness (QED) is 0.226. The molecule has 1 atom stereocenters. The molecule has 0 saturated heterocycles. The van der Waals surface area contributed by atoms with Crippen LogP contribution in [0, 0.1) is 0 Å². The smallest absolute Gasteiger partial charge is 0.235 e. The zero-order valence-electron chi connectivity index (χ0n) is 21.1. The SMILES string of the molecule is C1=CC2=[N+](c3ccccc3)c3ccccc3N3c4ccc5c6ccccc6n(-c6cccnc6)c5c4C(=C1)C23. The van der Waals surface area contributed by atoms with Gasteiger partial charge in [-0.2, -0.15) is 4.58 Å². The van der Waals surface area contributed by atoms with Gasteiger partial charge in [-0.1, -0.05) is 66.7 Å². The third kappa shape index (κ3) is 2.67. The molecule has 9 rings (SSSR count). The highest BCUT2D eigenvalue weighted by Gasteiger charge is 2.49. The summed E-state index contributed by atoms with van der Waals surface area (Å²) in [6.07, 6.45) is 10.6. The molecule has 3 aliphatic rings. The van der Waals surface area contributed by atoms with Crippen LogP contribution in [0.5, 0.6) is 0 Å². The van der Waals surface area contributed by atoms with Gasteiger partial charge in [-0.25, -0.2) is 0 Å². The van der Waals surface area contributed by atoms with Gasteiger partial charge < -0.3 is 9.47 Å². The first-order chi connectivity index (χ1) is 19.4. The van der Waals surface area contributed by atoms with Gasteiger partial charge in [-0.15, -0.1) is 0 Å². The van der Waals surface area contributed by atoms with Gasteiger partial charge >= 0.3 is 0 Å². The number of anilines is 2. The lowest BCUT2D eigenvalue weighted by atomic mass is 9.91. The third-order valence-electron chi connectivity index (χ3n) is 8.30. The third-order valence-corrected chi connectivity index (χ3v) is 8.30. The van der Waals surface area contributed by atoms with Crippen molar-refractivity contribution in [2.75, 3.05) is 4.90 Å². The Hall–Kier alpha value is -5.22. The van der Waals surface area contributed by atoms with Gasteiger partial charge in [0.2, 0.25) is 17.1 Å². The van der Waals surface area contributed by atoms with Gasteiger partial charge in [-0.05, 0) is 35.9 Å². The molecule has 0 fully saturated rings. The molecule has 0 saturated carbocycles. The van der Waals surface area contributed by atoms with Crippen molar-refractivity contribution in [3.63, 3.8) is 0 Å². The van der Waals surface area contributed by atoms with Crippen molar-refractivity contribution < 1.29 is 0 Å². The number of hydrogen-bond donors (Lipinski definition) is 0. The zero-order chi connectivity index (χ0) is 25.5. The van der Waals surface area contributed by atoms with Crippen LogP contribution < -0.4 is 9.48 Å². The lowest BCUT2D eigenvalue weighted by Crippen LogP contribution is -2.43. The second kappa shape index (κ2) is 7.65. The molecule has 1 aliphatic carbocycles. The van der Waals surface area contributed by atoms with Crippen molar-refractivity contribution in [3.8, 4) is 5.69 Å². The minimum atomic E-state index is 0.0890. The summed E-state index contributed by atoms with van der Waals surface area (Å²) in [4.78, 5) is 7.03. The second-order valence-corrected chi connectivity index (χ2v) is 10.3.